The van der Waals surface area contributed by atoms with Crippen molar-refractivity contribution in [2.24, 2.45) is 0 Å². The van der Waals surface area contributed by atoms with Crippen molar-refractivity contribution < 1.29 is 0 Å². The van der Waals surface area contributed by atoms with E-state index < -0.39 is 0 Å². The summed E-state index contributed by atoms with van der Waals surface area (Å²) in [6.45, 7) is 9.54. The lowest BCUT2D eigenvalue weighted by atomic mass is 10.1. The van der Waals surface area contributed by atoms with Crippen molar-refractivity contribution in [3.8, 4) is 0 Å². The van der Waals surface area contributed by atoms with Gasteiger partial charge in [0.05, 0.1) is 0 Å². The Morgan fingerprint density at radius 3 is 1.86 bits per heavy atom. The standard InChI is InChI=1S/C19H26N2/c1-4-16-7-11-18(12-8-16)20-15-17-9-13-19(14-10-17)21(5-2)6-3/h7-14,20H,4-6,15H2,1-3H3. The predicted molar refractivity (Wildman–Crippen MR) is 93.1 cm³/mol. The zero-order chi connectivity index (χ0) is 15.1. The molecule has 21 heavy (non-hydrogen) atoms. The molecular weight excluding hydrogens is 256 g/mol. The first-order valence-corrected chi connectivity index (χ1v) is 7.93. The lowest BCUT2D eigenvalue weighted by molar-refractivity contribution is 0.865. The van der Waals surface area contributed by atoms with Crippen LogP contribution in [0.2, 0.25) is 0 Å². The summed E-state index contributed by atoms with van der Waals surface area (Å²) in [6.07, 6.45) is 1.09. The lowest BCUT2D eigenvalue weighted by Gasteiger charge is -2.21. The minimum absolute atomic E-state index is 0.865. The molecule has 0 aliphatic carbocycles. The quantitative estimate of drug-likeness (QED) is 0.791. The van der Waals surface area contributed by atoms with Gasteiger partial charge in [0.25, 0.3) is 0 Å². The van der Waals surface area contributed by atoms with Crippen molar-refractivity contribution in [2.75, 3.05) is 23.3 Å². The second-order valence-electron chi connectivity index (χ2n) is 5.24. The summed E-state index contributed by atoms with van der Waals surface area (Å²) < 4.78 is 0. The minimum atomic E-state index is 0.865. The number of hydrogen-bond donors (Lipinski definition) is 1. The molecule has 2 aromatic carbocycles. The van der Waals surface area contributed by atoms with Gasteiger partial charge >= 0.3 is 0 Å². The van der Waals surface area contributed by atoms with Crippen LogP contribution in [0.15, 0.2) is 48.5 Å². The molecule has 0 aliphatic heterocycles. The maximum atomic E-state index is 3.48. The average Bonchev–Trinajstić information content (AvgIpc) is 2.55. The number of benzene rings is 2. The van der Waals surface area contributed by atoms with E-state index in [2.05, 4.69) is 79.5 Å². The number of anilines is 2. The predicted octanol–water partition coefficient (Wildman–Crippen LogP) is 4.71. The SMILES string of the molecule is CCc1ccc(NCc2ccc(N(CC)CC)cc2)cc1. The Balaban J connectivity index is 1.93. The largest absolute Gasteiger partial charge is 0.381 e. The van der Waals surface area contributed by atoms with Gasteiger partial charge in [-0.25, -0.2) is 0 Å². The van der Waals surface area contributed by atoms with E-state index in [0.29, 0.717) is 0 Å². The summed E-state index contributed by atoms with van der Waals surface area (Å²) in [5.74, 6) is 0. The molecule has 0 aromatic heterocycles. The molecule has 2 heteroatoms. The first-order valence-electron chi connectivity index (χ1n) is 7.93. The summed E-state index contributed by atoms with van der Waals surface area (Å²) in [5.41, 5.74) is 5.17. The topological polar surface area (TPSA) is 15.3 Å². The zero-order valence-corrected chi connectivity index (χ0v) is 13.4. The molecule has 0 spiro atoms. The molecule has 0 radical (unpaired) electrons. The van der Waals surface area contributed by atoms with E-state index >= 15 is 0 Å². The van der Waals surface area contributed by atoms with Gasteiger partial charge in [-0.2, -0.15) is 0 Å². The molecule has 1 N–H and O–H groups in total. The van der Waals surface area contributed by atoms with Gasteiger partial charge in [0.15, 0.2) is 0 Å². The molecule has 0 atom stereocenters. The third kappa shape index (κ3) is 4.25. The lowest BCUT2D eigenvalue weighted by Crippen LogP contribution is -2.21. The smallest absolute Gasteiger partial charge is 0.0400 e. The van der Waals surface area contributed by atoms with Gasteiger partial charge in [-0.15, -0.1) is 0 Å². The van der Waals surface area contributed by atoms with Crippen molar-refractivity contribution in [3.63, 3.8) is 0 Å². The van der Waals surface area contributed by atoms with E-state index in [1.54, 1.807) is 0 Å². The normalized spacial score (nSPS) is 10.4. The molecule has 0 unspecified atom stereocenters. The van der Waals surface area contributed by atoms with Crippen LogP contribution < -0.4 is 10.2 Å². The van der Waals surface area contributed by atoms with Crippen LogP contribution in [0.1, 0.15) is 31.9 Å². The Morgan fingerprint density at radius 1 is 0.762 bits per heavy atom. The molecule has 0 bridgehead atoms. The third-order valence-electron chi connectivity index (χ3n) is 3.92. The van der Waals surface area contributed by atoms with Gasteiger partial charge in [0.1, 0.15) is 0 Å². The van der Waals surface area contributed by atoms with Crippen LogP contribution in [0.5, 0.6) is 0 Å². The van der Waals surface area contributed by atoms with E-state index in [0.717, 1.165) is 26.1 Å². The van der Waals surface area contributed by atoms with Crippen LogP contribution in [-0.2, 0) is 13.0 Å². The minimum Gasteiger partial charge on any atom is -0.381 e. The summed E-state index contributed by atoms with van der Waals surface area (Å²) >= 11 is 0. The number of nitrogens with one attached hydrogen (secondary N) is 1. The van der Waals surface area contributed by atoms with Crippen molar-refractivity contribution in [1.82, 2.24) is 0 Å². The highest BCUT2D eigenvalue weighted by Crippen LogP contribution is 2.16. The van der Waals surface area contributed by atoms with E-state index in [1.165, 1.54) is 22.5 Å². The Bertz CT molecular complexity index is 524. The van der Waals surface area contributed by atoms with E-state index in [-0.39, 0.29) is 0 Å². The van der Waals surface area contributed by atoms with Gasteiger partial charge in [0.2, 0.25) is 0 Å². The first kappa shape index (κ1) is 15.4. The van der Waals surface area contributed by atoms with Gasteiger partial charge in [0, 0.05) is 31.0 Å². The van der Waals surface area contributed by atoms with Crippen LogP contribution in [-0.4, -0.2) is 13.1 Å². The molecule has 0 amide bonds. The molecular formula is C19H26N2. The Labute approximate surface area is 128 Å². The van der Waals surface area contributed by atoms with Gasteiger partial charge in [-0.05, 0) is 55.7 Å². The molecule has 112 valence electrons. The van der Waals surface area contributed by atoms with Crippen LogP contribution in [0.25, 0.3) is 0 Å². The highest BCUT2D eigenvalue weighted by molar-refractivity contribution is 5.49. The fourth-order valence-corrected chi connectivity index (χ4v) is 2.48. The van der Waals surface area contributed by atoms with Crippen LogP contribution in [0.3, 0.4) is 0 Å². The molecule has 2 aromatic rings. The van der Waals surface area contributed by atoms with Gasteiger partial charge < -0.3 is 10.2 Å². The first-order chi connectivity index (χ1) is 10.3. The van der Waals surface area contributed by atoms with Crippen molar-refractivity contribution >= 4 is 11.4 Å². The van der Waals surface area contributed by atoms with Crippen molar-refractivity contribution in [3.05, 3.63) is 59.7 Å². The molecule has 0 saturated carbocycles. The number of nitrogens with zero attached hydrogens (tertiary/aromatic N) is 1. The highest BCUT2D eigenvalue weighted by Gasteiger charge is 2.01. The third-order valence-corrected chi connectivity index (χ3v) is 3.92. The summed E-state index contributed by atoms with van der Waals surface area (Å²) in [5, 5.41) is 3.48. The summed E-state index contributed by atoms with van der Waals surface area (Å²) in [6, 6.07) is 17.5. The number of rotatable bonds is 7. The molecule has 0 aliphatic rings. The number of hydrogen-bond acceptors (Lipinski definition) is 2. The van der Waals surface area contributed by atoms with Gasteiger partial charge in [-0.3, -0.25) is 0 Å². The van der Waals surface area contributed by atoms with E-state index in [9.17, 15) is 0 Å². The monoisotopic (exact) mass is 282 g/mol. The van der Waals surface area contributed by atoms with Crippen LogP contribution in [0, 0.1) is 0 Å². The van der Waals surface area contributed by atoms with Crippen LogP contribution in [0.4, 0.5) is 11.4 Å². The van der Waals surface area contributed by atoms with Crippen LogP contribution >= 0.6 is 0 Å². The molecule has 0 heterocycles. The van der Waals surface area contributed by atoms with Crippen molar-refractivity contribution in [1.29, 1.82) is 0 Å². The van der Waals surface area contributed by atoms with E-state index in [4.69, 9.17) is 0 Å². The fraction of sp³-hybridized carbons (Fsp3) is 0.368. The van der Waals surface area contributed by atoms with Crippen molar-refractivity contribution in [2.45, 2.75) is 33.7 Å². The van der Waals surface area contributed by atoms with E-state index in [1.807, 2.05) is 0 Å². The zero-order valence-electron chi connectivity index (χ0n) is 13.4. The van der Waals surface area contributed by atoms with Gasteiger partial charge in [-0.1, -0.05) is 31.2 Å². The Hall–Kier alpha value is -1.96. The molecule has 2 rings (SSSR count). The highest BCUT2D eigenvalue weighted by atomic mass is 15.1. The molecule has 0 fully saturated rings. The maximum absolute atomic E-state index is 3.48. The summed E-state index contributed by atoms with van der Waals surface area (Å²) in [7, 11) is 0. The summed E-state index contributed by atoms with van der Waals surface area (Å²) in [4.78, 5) is 2.36. The maximum Gasteiger partial charge on any atom is 0.0400 e. The number of aryl methyl sites for hydroxylation is 1. The molecule has 2 nitrogen and oxygen atoms in total. The fourth-order valence-electron chi connectivity index (χ4n) is 2.48. The Morgan fingerprint density at radius 2 is 1.33 bits per heavy atom. The second kappa shape index (κ2) is 7.72. The Kier molecular flexibility index (Phi) is 5.68. The second-order valence-corrected chi connectivity index (χ2v) is 5.24. The average molecular weight is 282 g/mol. The molecule has 0 saturated heterocycles.